The van der Waals surface area contributed by atoms with Crippen LogP contribution in [0.3, 0.4) is 0 Å². The Labute approximate surface area is 162 Å². The maximum Gasteiger partial charge on any atom is 0.274 e. The van der Waals surface area contributed by atoms with Gasteiger partial charge < -0.3 is 15.6 Å². The molecule has 8 nitrogen and oxygen atoms in total. The molecule has 0 unspecified atom stereocenters. The Bertz CT molecular complexity index is 1020. The SMILES string of the molecule is CCCc1cc(C(=O)N2CCc3nc(-c4ccc(C(N)=O)cc4)[nH]c3C2)n[nH]1. The van der Waals surface area contributed by atoms with Gasteiger partial charge in [-0.25, -0.2) is 4.98 Å². The number of amides is 2. The maximum atomic E-state index is 12.8. The standard InChI is InChI=1S/C20H22N6O2/c1-2-3-14-10-16(25-24-14)20(28)26-9-8-15-17(11-26)23-19(22-15)13-6-4-12(5-7-13)18(21)27/h4-7,10H,2-3,8-9,11H2,1H3,(H2,21,27)(H,22,23)(H,24,25). The second kappa shape index (κ2) is 7.30. The van der Waals surface area contributed by atoms with Gasteiger partial charge in [0.2, 0.25) is 5.91 Å². The van der Waals surface area contributed by atoms with Gasteiger partial charge in [0.25, 0.3) is 5.91 Å². The molecule has 3 aromatic rings. The summed E-state index contributed by atoms with van der Waals surface area (Å²) in [5.74, 6) is 0.187. The second-order valence-electron chi connectivity index (χ2n) is 6.96. The summed E-state index contributed by atoms with van der Waals surface area (Å²) in [5, 5.41) is 7.09. The highest BCUT2D eigenvalue weighted by Crippen LogP contribution is 2.24. The number of nitrogens with one attached hydrogen (secondary N) is 2. The van der Waals surface area contributed by atoms with Gasteiger partial charge in [-0.2, -0.15) is 5.10 Å². The molecule has 2 aromatic heterocycles. The van der Waals surface area contributed by atoms with Crippen LogP contribution in [-0.2, 0) is 19.4 Å². The van der Waals surface area contributed by atoms with E-state index in [-0.39, 0.29) is 5.91 Å². The van der Waals surface area contributed by atoms with E-state index in [1.165, 1.54) is 0 Å². The van der Waals surface area contributed by atoms with Crippen LogP contribution in [-0.4, -0.2) is 43.4 Å². The Balaban J connectivity index is 1.51. The number of aryl methyl sites for hydroxylation is 1. The Morgan fingerprint density at radius 2 is 2.04 bits per heavy atom. The minimum atomic E-state index is -0.458. The zero-order chi connectivity index (χ0) is 19.7. The molecule has 2 amide bonds. The Morgan fingerprint density at radius 3 is 2.75 bits per heavy atom. The normalized spacial score (nSPS) is 13.4. The average molecular weight is 378 g/mol. The van der Waals surface area contributed by atoms with E-state index in [4.69, 9.17) is 5.73 Å². The summed E-state index contributed by atoms with van der Waals surface area (Å²) in [4.78, 5) is 33.7. The van der Waals surface area contributed by atoms with Gasteiger partial charge in [0.05, 0.1) is 17.9 Å². The molecule has 4 rings (SSSR count). The van der Waals surface area contributed by atoms with Crippen LogP contribution >= 0.6 is 0 Å². The summed E-state index contributed by atoms with van der Waals surface area (Å²) in [6.07, 6.45) is 2.56. The number of nitrogens with zero attached hydrogens (tertiary/aromatic N) is 3. The predicted octanol–water partition coefficient (Wildman–Crippen LogP) is 2.05. The van der Waals surface area contributed by atoms with E-state index < -0.39 is 5.91 Å². The number of nitrogens with two attached hydrogens (primary N) is 1. The molecular formula is C20H22N6O2. The van der Waals surface area contributed by atoms with Crippen molar-refractivity contribution in [2.24, 2.45) is 5.73 Å². The van der Waals surface area contributed by atoms with Crippen molar-refractivity contribution in [3.63, 3.8) is 0 Å². The van der Waals surface area contributed by atoms with Crippen molar-refractivity contribution in [1.82, 2.24) is 25.1 Å². The number of benzene rings is 1. The molecule has 0 spiro atoms. The van der Waals surface area contributed by atoms with E-state index >= 15 is 0 Å². The summed E-state index contributed by atoms with van der Waals surface area (Å²) in [7, 11) is 0. The summed E-state index contributed by atoms with van der Waals surface area (Å²) >= 11 is 0. The zero-order valence-electron chi connectivity index (χ0n) is 15.7. The lowest BCUT2D eigenvalue weighted by Crippen LogP contribution is -2.36. The molecule has 28 heavy (non-hydrogen) atoms. The summed E-state index contributed by atoms with van der Waals surface area (Å²) in [5.41, 5.74) is 9.93. The van der Waals surface area contributed by atoms with Crippen molar-refractivity contribution in [1.29, 1.82) is 0 Å². The molecular weight excluding hydrogens is 356 g/mol. The minimum absolute atomic E-state index is 0.0776. The third kappa shape index (κ3) is 3.40. The van der Waals surface area contributed by atoms with Crippen LogP contribution in [0.25, 0.3) is 11.4 Å². The quantitative estimate of drug-likeness (QED) is 0.629. The number of hydrogen-bond donors (Lipinski definition) is 3. The molecule has 1 aromatic carbocycles. The number of carbonyl (C=O) groups is 2. The van der Waals surface area contributed by atoms with Crippen LogP contribution in [0.4, 0.5) is 0 Å². The van der Waals surface area contributed by atoms with Gasteiger partial charge in [0.1, 0.15) is 11.5 Å². The lowest BCUT2D eigenvalue weighted by atomic mass is 10.1. The van der Waals surface area contributed by atoms with Crippen LogP contribution in [0.1, 0.15) is 51.3 Å². The van der Waals surface area contributed by atoms with Gasteiger partial charge in [-0.1, -0.05) is 25.5 Å². The van der Waals surface area contributed by atoms with Crippen molar-refractivity contribution in [2.45, 2.75) is 32.7 Å². The smallest absolute Gasteiger partial charge is 0.274 e. The van der Waals surface area contributed by atoms with E-state index in [2.05, 4.69) is 27.1 Å². The lowest BCUT2D eigenvalue weighted by molar-refractivity contribution is 0.0725. The number of carbonyl (C=O) groups excluding carboxylic acids is 2. The van der Waals surface area contributed by atoms with E-state index in [1.807, 2.05) is 18.2 Å². The van der Waals surface area contributed by atoms with Gasteiger partial charge >= 0.3 is 0 Å². The van der Waals surface area contributed by atoms with Gasteiger partial charge in [-0.3, -0.25) is 14.7 Å². The largest absolute Gasteiger partial charge is 0.366 e. The fourth-order valence-electron chi connectivity index (χ4n) is 3.43. The highest BCUT2D eigenvalue weighted by Gasteiger charge is 2.26. The highest BCUT2D eigenvalue weighted by molar-refractivity contribution is 5.93. The summed E-state index contributed by atoms with van der Waals surface area (Å²) in [6.45, 7) is 3.16. The third-order valence-corrected chi connectivity index (χ3v) is 4.93. The molecule has 0 fully saturated rings. The van der Waals surface area contributed by atoms with Crippen LogP contribution < -0.4 is 5.73 Å². The van der Waals surface area contributed by atoms with Gasteiger partial charge in [0.15, 0.2) is 0 Å². The first-order valence-electron chi connectivity index (χ1n) is 9.36. The monoisotopic (exact) mass is 378 g/mol. The first-order valence-corrected chi connectivity index (χ1v) is 9.36. The number of fused-ring (bicyclic) bond motifs is 1. The van der Waals surface area contributed by atoms with Crippen LogP contribution in [0.2, 0.25) is 0 Å². The number of hydrogen-bond acceptors (Lipinski definition) is 4. The number of primary amides is 1. The topological polar surface area (TPSA) is 121 Å². The summed E-state index contributed by atoms with van der Waals surface area (Å²) in [6, 6.07) is 8.82. The highest BCUT2D eigenvalue weighted by atomic mass is 16.2. The average Bonchev–Trinajstić information content (AvgIpc) is 3.34. The zero-order valence-corrected chi connectivity index (χ0v) is 15.7. The van der Waals surface area contributed by atoms with Crippen LogP contribution in [0, 0.1) is 0 Å². The molecule has 1 aliphatic rings. The van der Waals surface area contributed by atoms with E-state index in [9.17, 15) is 9.59 Å². The van der Waals surface area contributed by atoms with Crippen molar-refractivity contribution < 1.29 is 9.59 Å². The van der Waals surface area contributed by atoms with Gasteiger partial charge in [0, 0.05) is 29.8 Å². The van der Waals surface area contributed by atoms with Crippen molar-refractivity contribution in [3.8, 4) is 11.4 Å². The number of aromatic amines is 2. The van der Waals surface area contributed by atoms with Crippen LogP contribution in [0.5, 0.6) is 0 Å². The molecule has 144 valence electrons. The molecule has 0 bridgehead atoms. The maximum absolute atomic E-state index is 12.8. The van der Waals surface area contributed by atoms with E-state index in [0.717, 1.165) is 41.3 Å². The summed E-state index contributed by atoms with van der Waals surface area (Å²) < 4.78 is 0. The number of H-pyrrole nitrogens is 2. The van der Waals surface area contributed by atoms with Crippen LogP contribution in [0.15, 0.2) is 30.3 Å². The molecule has 8 heteroatoms. The van der Waals surface area contributed by atoms with Gasteiger partial charge in [-0.15, -0.1) is 0 Å². The fraction of sp³-hybridized carbons (Fsp3) is 0.300. The van der Waals surface area contributed by atoms with Gasteiger partial charge in [-0.05, 0) is 24.6 Å². The predicted molar refractivity (Wildman–Crippen MR) is 104 cm³/mol. The first kappa shape index (κ1) is 18.0. The molecule has 0 saturated heterocycles. The molecule has 0 atom stereocenters. The first-order chi connectivity index (χ1) is 13.5. The second-order valence-corrected chi connectivity index (χ2v) is 6.96. The Morgan fingerprint density at radius 1 is 1.25 bits per heavy atom. The van der Waals surface area contributed by atoms with Crippen molar-refractivity contribution >= 4 is 11.8 Å². The van der Waals surface area contributed by atoms with E-state index in [1.54, 1.807) is 17.0 Å². The fourth-order valence-corrected chi connectivity index (χ4v) is 3.43. The number of aromatic nitrogens is 4. The molecule has 1 aliphatic heterocycles. The molecule has 4 N–H and O–H groups in total. The minimum Gasteiger partial charge on any atom is -0.366 e. The Hall–Kier alpha value is -3.42. The molecule has 0 radical (unpaired) electrons. The molecule has 0 saturated carbocycles. The molecule has 0 aliphatic carbocycles. The third-order valence-electron chi connectivity index (χ3n) is 4.93. The van der Waals surface area contributed by atoms with Crippen molar-refractivity contribution in [2.75, 3.05) is 6.54 Å². The number of rotatable bonds is 5. The molecule has 3 heterocycles. The van der Waals surface area contributed by atoms with Crippen molar-refractivity contribution in [3.05, 3.63) is 58.7 Å². The number of imidazole rings is 1. The lowest BCUT2D eigenvalue weighted by Gasteiger charge is -2.25. The Kier molecular flexibility index (Phi) is 4.68. The van der Waals surface area contributed by atoms with E-state index in [0.29, 0.717) is 30.8 Å².